The van der Waals surface area contributed by atoms with Crippen LogP contribution in [0.1, 0.15) is 51.0 Å². The molecule has 2 fully saturated rings. The van der Waals surface area contributed by atoms with Crippen molar-refractivity contribution in [3.8, 4) is 0 Å². The van der Waals surface area contributed by atoms with E-state index < -0.39 is 0 Å². The van der Waals surface area contributed by atoms with Crippen molar-refractivity contribution in [3.63, 3.8) is 0 Å². The predicted octanol–water partition coefficient (Wildman–Crippen LogP) is 4.11. The Morgan fingerprint density at radius 1 is 1.04 bits per heavy atom. The Labute approximate surface area is 150 Å². The Morgan fingerprint density at radius 3 is 2.64 bits per heavy atom. The van der Waals surface area contributed by atoms with Crippen molar-refractivity contribution in [3.05, 3.63) is 28.9 Å². The average Bonchev–Trinajstić information content (AvgIpc) is 3.31. The molecule has 1 saturated carbocycles. The molecule has 0 radical (unpaired) electrons. The molecule has 0 bridgehead atoms. The summed E-state index contributed by atoms with van der Waals surface area (Å²) in [6.45, 7) is 2.16. The van der Waals surface area contributed by atoms with E-state index in [4.69, 9.17) is 4.98 Å². The first kappa shape index (κ1) is 15.3. The molecule has 5 nitrogen and oxygen atoms in total. The first-order chi connectivity index (χ1) is 12.3. The molecule has 130 valence electrons. The quantitative estimate of drug-likeness (QED) is 0.695. The fraction of sp³-hybridized carbons (Fsp3) is 0.526. The van der Waals surface area contributed by atoms with Crippen molar-refractivity contribution in [2.24, 2.45) is 0 Å². The van der Waals surface area contributed by atoms with Crippen LogP contribution in [0.2, 0.25) is 0 Å². The molecule has 0 amide bonds. The van der Waals surface area contributed by atoms with E-state index in [1.54, 1.807) is 6.33 Å². The molecule has 1 aliphatic carbocycles. The van der Waals surface area contributed by atoms with E-state index >= 15 is 0 Å². The monoisotopic (exact) mass is 354 g/mol. The molecule has 0 atom stereocenters. The van der Waals surface area contributed by atoms with Gasteiger partial charge in [-0.25, -0.2) is 9.97 Å². The molecule has 6 heteroatoms. The standard InChI is InChI=1S/C19H22N4OS/c24-19-17-16(21-12-23(19)13-6-2-1-3-7-13)15-14(22-10-4-5-11-22)8-9-20-18(15)25-17/h8-9,12-13H,1-7,10-11H2. The van der Waals surface area contributed by atoms with E-state index in [2.05, 4.69) is 16.0 Å². The third-order valence-electron chi connectivity index (χ3n) is 5.70. The molecular weight excluding hydrogens is 332 g/mol. The Balaban J connectivity index is 1.70. The summed E-state index contributed by atoms with van der Waals surface area (Å²) in [5, 5.41) is 1.07. The second kappa shape index (κ2) is 6.09. The highest BCUT2D eigenvalue weighted by molar-refractivity contribution is 7.25. The van der Waals surface area contributed by atoms with Crippen LogP contribution in [0.15, 0.2) is 23.4 Å². The molecule has 25 heavy (non-hydrogen) atoms. The van der Waals surface area contributed by atoms with Crippen molar-refractivity contribution in [1.82, 2.24) is 14.5 Å². The number of pyridine rings is 1. The van der Waals surface area contributed by atoms with E-state index in [0.717, 1.165) is 46.4 Å². The van der Waals surface area contributed by atoms with E-state index in [9.17, 15) is 4.79 Å². The number of fused-ring (bicyclic) bond motifs is 3. The minimum Gasteiger partial charge on any atom is -0.371 e. The molecule has 1 aliphatic heterocycles. The topological polar surface area (TPSA) is 51.0 Å². The normalized spacial score (nSPS) is 19.3. The summed E-state index contributed by atoms with van der Waals surface area (Å²) >= 11 is 1.51. The summed E-state index contributed by atoms with van der Waals surface area (Å²) in [5.41, 5.74) is 2.15. The number of anilines is 1. The van der Waals surface area contributed by atoms with Crippen LogP contribution >= 0.6 is 11.3 Å². The second-order valence-electron chi connectivity index (χ2n) is 7.23. The van der Waals surface area contributed by atoms with Crippen molar-refractivity contribution in [2.45, 2.75) is 51.0 Å². The summed E-state index contributed by atoms with van der Waals surface area (Å²) in [6.07, 6.45) is 12.0. The molecule has 3 aromatic rings. The van der Waals surface area contributed by atoms with Gasteiger partial charge in [-0.1, -0.05) is 19.3 Å². The van der Waals surface area contributed by atoms with Crippen LogP contribution in [0.25, 0.3) is 20.4 Å². The van der Waals surface area contributed by atoms with Gasteiger partial charge in [-0.3, -0.25) is 9.36 Å². The van der Waals surface area contributed by atoms with E-state index in [1.165, 1.54) is 49.1 Å². The van der Waals surface area contributed by atoms with Crippen LogP contribution in [-0.2, 0) is 0 Å². The van der Waals surface area contributed by atoms with Crippen molar-refractivity contribution >= 4 is 37.5 Å². The van der Waals surface area contributed by atoms with E-state index in [0.29, 0.717) is 6.04 Å². The van der Waals surface area contributed by atoms with Gasteiger partial charge >= 0.3 is 0 Å². The molecule has 0 N–H and O–H groups in total. The third-order valence-corrected chi connectivity index (χ3v) is 6.77. The maximum atomic E-state index is 13.1. The highest BCUT2D eigenvalue weighted by atomic mass is 32.1. The van der Waals surface area contributed by atoms with Crippen LogP contribution in [0.4, 0.5) is 5.69 Å². The number of hydrogen-bond donors (Lipinski definition) is 0. The van der Waals surface area contributed by atoms with Crippen molar-refractivity contribution < 1.29 is 0 Å². The molecule has 5 rings (SSSR count). The lowest BCUT2D eigenvalue weighted by atomic mass is 9.95. The summed E-state index contributed by atoms with van der Waals surface area (Å²) in [5.74, 6) is 0. The van der Waals surface area contributed by atoms with Gasteiger partial charge in [-0.05, 0) is 31.7 Å². The molecule has 0 unspecified atom stereocenters. The lowest BCUT2D eigenvalue weighted by Crippen LogP contribution is -2.26. The largest absolute Gasteiger partial charge is 0.371 e. The third kappa shape index (κ3) is 2.46. The minimum absolute atomic E-state index is 0.118. The minimum atomic E-state index is 0.118. The highest BCUT2D eigenvalue weighted by Gasteiger charge is 2.23. The van der Waals surface area contributed by atoms with Gasteiger partial charge in [-0.15, -0.1) is 11.3 Å². The van der Waals surface area contributed by atoms with E-state index in [1.807, 2.05) is 10.8 Å². The molecule has 3 aromatic heterocycles. The first-order valence-corrected chi connectivity index (χ1v) is 10.2. The molecule has 2 aliphatic rings. The van der Waals surface area contributed by atoms with Crippen LogP contribution in [0.3, 0.4) is 0 Å². The summed E-state index contributed by atoms with van der Waals surface area (Å²) < 4.78 is 2.65. The van der Waals surface area contributed by atoms with Crippen LogP contribution in [0, 0.1) is 0 Å². The van der Waals surface area contributed by atoms with Gasteiger partial charge in [-0.2, -0.15) is 0 Å². The van der Waals surface area contributed by atoms with Gasteiger partial charge < -0.3 is 4.90 Å². The van der Waals surface area contributed by atoms with Crippen molar-refractivity contribution in [2.75, 3.05) is 18.0 Å². The predicted molar refractivity (Wildman–Crippen MR) is 103 cm³/mol. The number of nitrogens with zero attached hydrogens (tertiary/aromatic N) is 4. The molecular formula is C19H22N4OS. The lowest BCUT2D eigenvalue weighted by Gasteiger charge is -2.23. The molecule has 4 heterocycles. The zero-order valence-corrected chi connectivity index (χ0v) is 15.1. The zero-order chi connectivity index (χ0) is 16.8. The summed E-state index contributed by atoms with van der Waals surface area (Å²) in [4.78, 5) is 25.7. The second-order valence-corrected chi connectivity index (χ2v) is 8.23. The first-order valence-electron chi connectivity index (χ1n) is 9.36. The van der Waals surface area contributed by atoms with Crippen LogP contribution in [-0.4, -0.2) is 27.6 Å². The average molecular weight is 354 g/mol. The summed E-state index contributed by atoms with van der Waals surface area (Å²) in [6, 6.07) is 2.39. The van der Waals surface area contributed by atoms with Crippen molar-refractivity contribution in [1.29, 1.82) is 0 Å². The maximum Gasteiger partial charge on any atom is 0.271 e. The number of thiophene rings is 1. The van der Waals surface area contributed by atoms with Crippen LogP contribution < -0.4 is 10.5 Å². The van der Waals surface area contributed by atoms with Gasteiger partial charge in [0.05, 0.1) is 22.9 Å². The van der Waals surface area contributed by atoms with Gasteiger partial charge in [0.2, 0.25) is 0 Å². The fourth-order valence-electron chi connectivity index (χ4n) is 4.39. The number of aromatic nitrogens is 3. The van der Waals surface area contributed by atoms with Gasteiger partial charge in [0.15, 0.2) is 0 Å². The summed E-state index contributed by atoms with van der Waals surface area (Å²) in [7, 11) is 0. The maximum absolute atomic E-state index is 13.1. The Kier molecular flexibility index (Phi) is 3.73. The zero-order valence-electron chi connectivity index (χ0n) is 14.3. The van der Waals surface area contributed by atoms with Gasteiger partial charge in [0.25, 0.3) is 5.56 Å². The lowest BCUT2D eigenvalue weighted by molar-refractivity contribution is 0.345. The Morgan fingerprint density at radius 2 is 1.84 bits per heavy atom. The molecule has 0 spiro atoms. The number of hydrogen-bond acceptors (Lipinski definition) is 5. The smallest absolute Gasteiger partial charge is 0.271 e. The fourth-order valence-corrected chi connectivity index (χ4v) is 5.44. The van der Waals surface area contributed by atoms with Gasteiger partial charge in [0.1, 0.15) is 9.53 Å². The van der Waals surface area contributed by atoms with Crippen LogP contribution in [0.5, 0.6) is 0 Å². The number of rotatable bonds is 2. The van der Waals surface area contributed by atoms with Gasteiger partial charge in [0, 0.05) is 25.3 Å². The SMILES string of the molecule is O=c1c2sc3nccc(N4CCCC4)c3c2ncn1C1CCCCC1. The van der Waals surface area contributed by atoms with E-state index in [-0.39, 0.29) is 5.56 Å². The molecule has 1 saturated heterocycles. The highest BCUT2D eigenvalue weighted by Crippen LogP contribution is 2.37. The Bertz CT molecular complexity index is 980. The Hall–Kier alpha value is -1.95. The molecule has 0 aromatic carbocycles.